The summed E-state index contributed by atoms with van der Waals surface area (Å²) in [5, 5.41) is 0. The average molecular weight is 583 g/mol. The van der Waals surface area contributed by atoms with Gasteiger partial charge in [0.15, 0.2) is 0 Å². The summed E-state index contributed by atoms with van der Waals surface area (Å²) >= 11 is 0. The summed E-state index contributed by atoms with van der Waals surface area (Å²) < 4.78 is 61.0. The van der Waals surface area contributed by atoms with Gasteiger partial charge in [-0.2, -0.15) is 0 Å². The molecule has 0 unspecified atom stereocenters. The zero-order valence-corrected chi connectivity index (χ0v) is 24.2. The van der Waals surface area contributed by atoms with Gasteiger partial charge in [0.2, 0.25) is 0 Å². The Kier molecular flexibility index (Phi) is 8.82. The highest BCUT2D eigenvalue weighted by Crippen LogP contribution is 2.39. The Morgan fingerprint density at radius 3 is 2.54 bits per heavy atom. The second-order valence-electron chi connectivity index (χ2n) is 10.5. The molecule has 0 saturated heterocycles. The largest absolute Gasteiger partial charge is 0.494 e. The number of halogens is 1. The molecule has 7 nitrogen and oxygen atoms in total. The lowest BCUT2D eigenvalue weighted by Crippen LogP contribution is -2.11. The van der Waals surface area contributed by atoms with E-state index in [9.17, 15) is 13.2 Å². The molecule has 1 aliphatic carbocycles. The van der Waals surface area contributed by atoms with Crippen molar-refractivity contribution in [3.63, 3.8) is 0 Å². The van der Waals surface area contributed by atoms with Crippen LogP contribution < -0.4 is 14.2 Å². The van der Waals surface area contributed by atoms with E-state index in [-0.39, 0.29) is 42.2 Å². The molecular weight excluding hydrogens is 547 g/mol. The number of fused-ring (bicyclic) bond motifs is 4. The van der Waals surface area contributed by atoms with Crippen LogP contribution in [0.25, 0.3) is 11.1 Å². The molecule has 9 heteroatoms. The molecule has 1 atom stereocenters. The quantitative estimate of drug-likeness (QED) is 0.209. The van der Waals surface area contributed by atoms with Crippen LogP contribution in [0.15, 0.2) is 48.5 Å². The van der Waals surface area contributed by atoms with Crippen molar-refractivity contribution >= 4 is 15.8 Å². The molecule has 0 spiro atoms. The minimum absolute atomic E-state index is 0.0562. The van der Waals surface area contributed by atoms with E-state index in [0.717, 1.165) is 47.1 Å². The summed E-state index contributed by atoms with van der Waals surface area (Å²) in [7, 11) is -1.64. The average Bonchev–Trinajstić information content (AvgIpc) is 3.27. The normalized spacial score (nSPS) is 15.6. The van der Waals surface area contributed by atoms with E-state index in [1.54, 1.807) is 19.1 Å². The third-order valence-corrected chi connectivity index (χ3v) is 9.53. The number of benzene rings is 3. The van der Waals surface area contributed by atoms with Crippen LogP contribution >= 0.6 is 0 Å². The molecule has 0 amide bonds. The van der Waals surface area contributed by atoms with Crippen LogP contribution in [0, 0.1) is 5.82 Å². The highest BCUT2D eigenvalue weighted by atomic mass is 32.2. The summed E-state index contributed by atoms with van der Waals surface area (Å²) in [5.74, 6) is 1.55. The van der Waals surface area contributed by atoms with Gasteiger partial charge in [-0.05, 0) is 78.3 Å². The number of carbonyl (C=O) groups is 1. The van der Waals surface area contributed by atoms with Crippen LogP contribution in [-0.4, -0.2) is 46.2 Å². The van der Waals surface area contributed by atoms with Crippen LogP contribution in [0.2, 0.25) is 0 Å². The summed E-state index contributed by atoms with van der Waals surface area (Å²) in [5.41, 5.74) is 5.51. The summed E-state index contributed by atoms with van der Waals surface area (Å²) in [4.78, 5) is 11.7. The number of methoxy groups -OCH3 is 1. The molecule has 0 N–H and O–H groups in total. The molecule has 3 aromatic rings. The van der Waals surface area contributed by atoms with Gasteiger partial charge in [0.1, 0.15) is 39.5 Å². The first-order chi connectivity index (χ1) is 19.8. The number of ether oxygens (including phenoxy) is 4. The van der Waals surface area contributed by atoms with E-state index in [1.165, 1.54) is 7.11 Å². The van der Waals surface area contributed by atoms with E-state index in [0.29, 0.717) is 42.4 Å². The van der Waals surface area contributed by atoms with E-state index in [1.807, 2.05) is 36.4 Å². The van der Waals surface area contributed by atoms with Gasteiger partial charge in [0, 0.05) is 28.9 Å². The lowest BCUT2D eigenvalue weighted by molar-refractivity contribution is -0.141. The molecular formula is C32H35FO7S. The smallest absolute Gasteiger partial charge is 0.306 e. The molecule has 5 rings (SSSR count). The first-order valence-electron chi connectivity index (χ1n) is 14.0. The predicted molar refractivity (Wildman–Crippen MR) is 154 cm³/mol. The minimum Gasteiger partial charge on any atom is -0.494 e. The van der Waals surface area contributed by atoms with Gasteiger partial charge in [-0.3, -0.25) is 4.79 Å². The van der Waals surface area contributed by atoms with E-state index >= 15 is 4.39 Å². The lowest BCUT2D eigenvalue weighted by atomic mass is 9.94. The van der Waals surface area contributed by atoms with E-state index in [2.05, 4.69) is 0 Å². The zero-order chi connectivity index (χ0) is 29.0. The van der Waals surface area contributed by atoms with Crippen LogP contribution in [0.3, 0.4) is 0 Å². The van der Waals surface area contributed by atoms with Crippen molar-refractivity contribution in [3.8, 4) is 28.4 Å². The first-order valence-corrected chi connectivity index (χ1v) is 15.8. The van der Waals surface area contributed by atoms with Crippen molar-refractivity contribution in [1.29, 1.82) is 0 Å². The van der Waals surface area contributed by atoms with Gasteiger partial charge in [-0.25, -0.2) is 12.8 Å². The number of esters is 1. The fraction of sp³-hybridized carbons (Fsp3) is 0.406. The van der Waals surface area contributed by atoms with Crippen LogP contribution in [-0.2, 0) is 38.8 Å². The predicted octanol–water partition coefficient (Wildman–Crippen LogP) is 5.80. The number of carbonyl (C=O) groups excluding carboxylic acids is 1. The van der Waals surface area contributed by atoms with Crippen molar-refractivity contribution < 1.29 is 36.6 Å². The van der Waals surface area contributed by atoms with E-state index in [4.69, 9.17) is 18.9 Å². The third-order valence-electron chi connectivity index (χ3n) is 7.74. The van der Waals surface area contributed by atoms with Gasteiger partial charge in [-0.1, -0.05) is 19.1 Å². The maximum absolute atomic E-state index is 15.2. The number of hydrogen-bond acceptors (Lipinski definition) is 7. The standard InChI is InChI=1S/C32H35FO7S/c1-3-41(35,36)13-5-12-38-25-8-10-27-21(14-25)6-4-7-22-16-30(33)24(15-29(22)27)20-39-26-9-11-28-23(17-32(34)37-2)19-40-31(28)18-26/h8-11,14-16,18,23H,3-7,12-13,17,19-20H2,1-2H3/t23-/m1/s1. The Labute approximate surface area is 240 Å². The summed E-state index contributed by atoms with van der Waals surface area (Å²) in [6, 6.07) is 14.9. The Hall–Kier alpha value is -3.59. The molecule has 41 heavy (non-hydrogen) atoms. The maximum Gasteiger partial charge on any atom is 0.306 e. The van der Waals surface area contributed by atoms with Crippen LogP contribution in [0.4, 0.5) is 4.39 Å². The molecule has 3 aromatic carbocycles. The Balaban J connectivity index is 1.28. The van der Waals surface area contributed by atoms with Crippen LogP contribution in [0.5, 0.6) is 17.2 Å². The molecule has 1 heterocycles. The Morgan fingerprint density at radius 1 is 1.00 bits per heavy atom. The first kappa shape index (κ1) is 28.9. The van der Waals surface area contributed by atoms with Crippen molar-refractivity contribution in [1.82, 2.24) is 0 Å². The highest BCUT2D eigenvalue weighted by molar-refractivity contribution is 7.91. The molecule has 2 aliphatic rings. The van der Waals surface area contributed by atoms with Crippen molar-refractivity contribution in [2.24, 2.45) is 0 Å². The number of aryl methyl sites for hydroxylation is 2. The SMILES string of the molecule is CCS(=O)(=O)CCCOc1ccc2c(c1)CCCc1cc(F)c(COc3ccc4c(c3)OC[C@H]4CC(=O)OC)cc1-2. The van der Waals surface area contributed by atoms with Crippen molar-refractivity contribution in [2.45, 2.75) is 51.6 Å². The molecule has 0 bridgehead atoms. The number of sulfone groups is 1. The molecule has 0 radical (unpaired) electrons. The van der Waals surface area contributed by atoms with Gasteiger partial charge in [0.05, 0.1) is 32.5 Å². The third kappa shape index (κ3) is 6.84. The van der Waals surface area contributed by atoms with Crippen molar-refractivity contribution in [2.75, 3.05) is 31.8 Å². The van der Waals surface area contributed by atoms with Gasteiger partial charge in [-0.15, -0.1) is 0 Å². The summed E-state index contributed by atoms with van der Waals surface area (Å²) in [6.45, 7) is 2.44. The fourth-order valence-corrected chi connectivity index (χ4v) is 6.25. The molecule has 1 aliphatic heterocycles. The zero-order valence-electron chi connectivity index (χ0n) is 23.4. The van der Waals surface area contributed by atoms with Gasteiger partial charge in [0.25, 0.3) is 0 Å². The summed E-state index contributed by atoms with van der Waals surface area (Å²) in [6.07, 6.45) is 3.19. The molecule has 218 valence electrons. The van der Waals surface area contributed by atoms with Gasteiger partial charge >= 0.3 is 5.97 Å². The monoisotopic (exact) mass is 582 g/mol. The Morgan fingerprint density at radius 2 is 1.76 bits per heavy atom. The second kappa shape index (κ2) is 12.5. The number of hydrogen-bond donors (Lipinski definition) is 0. The van der Waals surface area contributed by atoms with Gasteiger partial charge < -0.3 is 18.9 Å². The molecule has 0 aromatic heterocycles. The molecule has 0 fully saturated rings. The lowest BCUT2D eigenvalue weighted by Gasteiger charge is -2.15. The Bertz CT molecular complexity index is 1530. The van der Waals surface area contributed by atoms with E-state index < -0.39 is 9.84 Å². The second-order valence-corrected chi connectivity index (χ2v) is 13.0. The molecule has 0 saturated carbocycles. The van der Waals surface area contributed by atoms with Crippen molar-refractivity contribution in [3.05, 3.63) is 76.6 Å². The van der Waals surface area contributed by atoms with Crippen LogP contribution in [0.1, 0.15) is 54.4 Å². The highest BCUT2D eigenvalue weighted by Gasteiger charge is 2.27. The topological polar surface area (TPSA) is 88.1 Å². The number of rotatable bonds is 11. The maximum atomic E-state index is 15.2. The fourth-order valence-electron chi connectivity index (χ4n) is 5.40. The minimum atomic E-state index is -3.01.